The molecule has 0 aromatic heterocycles. The summed E-state index contributed by atoms with van der Waals surface area (Å²) < 4.78 is 17.0. The molecule has 0 saturated carbocycles. The lowest BCUT2D eigenvalue weighted by molar-refractivity contribution is 0.174. The van der Waals surface area contributed by atoms with E-state index in [9.17, 15) is 0 Å². The average Bonchev–Trinajstić information content (AvgIpc) is 3.52. The van der Waals surface area contributed by atoms with E-state index in [4.69, 9.17) is 14.2 Å². The van der Waals surface area contributed by atoms with Crippen LogP contribution in [0.15, 0.2) is 78.5 Å². The lowest BCUT2D eigenvalue weighted by Crippen LogP contribution is -2.36. The minimum absolute atomic E-state index is 0.0629. The maximum Gasteiger partial charge on any atom is 0.231 e. The van der Waals surface area contributed by atoms with Crippen LogP contribution in [-0.4, -0.2) is 41.4 Å². The number of alkyl halides is 1. The van der Waals surface area contributed by atoms with Crippen LogP contribution in [0.5, 0.6) is 17.2 Å². The number of halogens is 1. The van der Waals surface area contributed by atoms with Crippen molar-refractivity contribution in [3.63, 3.8) is 0 Å². The lowest BCUT2D eigenvalue weighted by Gasteiger charge is -2.30. The van der Waals surface area contributed by atoms with Crippen LogP contribution in [0.1, 0.15) is 43.4 Å². The Morgan fingerprint density at radius 2 is 1.71 bits per heavy atom. The molecule has 1 unspecified atom stereocenters. The molecule has 2 aliphatic heterocycles. The maximum atomic E-state index is 5.80. The van der Waals surface area contributed by atoms with Gasteiger partial charge in [-0.25, -0.2) is 0 Å². The van der Waals surface area contributed by atoms with Crippen LogP contribution in [0.3, 0.4) is 0 Å². The molecule has 0 spiro atoms. The van der Waals surface area contributed by atoms with E-state index in [1.807, 2.05) is 19.1 Å². The van der Waals surface area contributed by atoms with Crippen molar-refractivity contribution < 1.29 is 14.2 Å². The van der Waals surface area contributed by atoms with Crippen molar-refractivity contribution in [2.75, 3.05) is 26.5 Å². The Morgan fingerprint density at radius 1 is 0.921 bits per heavy atom. The molecule has 38 heavy (non-hydrogen) atoms. The van der Waals surface area contributed by atoms with Gasteiger partial charge in [-0.2, -0.15) is 0 Å². The Morgan fingerprint density at radius 3 is 2.50 bits per heavy atom. The van der Waals surface area contributed by atoms with Crippen molar-refractivity contribution in [2.24, 2.45) is 0 Å². The maximum absolute atomic E-state index is 5.80. The molecular weight excluding hydrogens is 542 g/mol. The Kier molecular flexibility index (Phi) is 8.76. The lowest BCUT2D eigenvalue weighted by atomic mass is 10.1. The number of hydrogen-bond acceptors (Lipinski definition) is 6. The van der Waals surface area contributed by atoms with E-state index >= 15 is 0 Å². The summed E-state index contributed by atoms with van der Waals surface area (Å²) in [6.07, 6.45) is 2.28. The van der Waals surface area contributed by atoms with Crippen molar-refractivity contribution in [1.82, 2.24) is 15.1 Å². The smallest absolute Gasteiger partial charge is 0.231 e. The molecule has 3 aromatic rings. The summed E-state index contributed by atoms with van der Waals surface area (Å²) in [6, 6.07) is 25.3. The van der Waals surface area contributed by atoms with E-state index in [1.165, 1.54) is 28.1 Å². The van der Waals surface area contributed by atoms with Gasteiger partial charge in [0.05, 0.1) is 18.0 Å². The van der Waals surface area contributed by atoms with Gasteiger partial charge in [-0.3, -0.25) is 4.90 Å². The molecule has 3 aromatic carbocycles. The molecule has 5 rings (SSSR count). The van der Waals surface area contributed by atoms with Crippen molar-refractivity contribution >= 4 is 21.6 Å². The minimum Gasteiger partial charge on any atom is -0.494 e. The van der Waals surface area contributed by atoms with Crippen LogP contribution in [-0.2, 0) is 13.1 Å². The molecule has 2 heterocycles. The van der Waals surface area contributed by atoms with E-state index < -0.39 is 0 Å². The molecule has 0 bridgehead atoms. The van der Waals surface area contributed by atoms with E-state index in [1.54, 1.807) is 0 Å². The molecule has 7 heteroatoms. The van der Waals surface area contributed by atoms with E-state index in [0.717, 1.165) is 56.3 Å². The van der Waals surface area contributed by atoms with Crippen LogP contribution >= 0.6 is 15.9 Å². The second-order valence-corrected chi connectivity index (χ2v) is 10.5. The molecule has 2 aliphatic rings. The number of unbranched alkanes of at least 4 members (excludes halogenated alkanes) is 1. The Balaban J connectivity index is 1.48. The highest BCUT2D eigenvalue weighted by Crippen LogP contribution is 2.34. The number of fused-ring (bicyclic) bond motifs is 1. The summed E-state index contributed by atoms with van der Waals surface area (Å²) in [5.74, 6) is 2.54. The van der Waals surface area contributed by atoms with Crippen LogP contribution < -0.4 is 19.5 Å². The highest BCUT2D eigenvalue weighted by Gasteiger charge is 2.31. The van der Waals surface area contributed by atoms with E-state index in [0.29, 0.717) is 6.61 Å². The molecule has 6 nitrogen and oxygen atoms in total. The normalized spacial score (nSPS) is 16.3. The van der Waals surface area contributed by atoms with Gasteiger partial charge in [-0.05, 0) is 70.2 Å². The highest BCUT2D eigenvalue weighted by molar-refractivity contribution is 9.09. The monoisotopic (exact) mass is 577 g/mol. The number of ether oxygens (including phenoxy) is 3. The molecule has 200 valence electrons. The van der Waals surface area contributed by atoms with Crippen molar-refractivity contribution in [1.29, 1.82) is 0 Å². The largest absolute Gasteiger partial charge is 0.494 e. The zero-order valence-electron chi connectivity index (χ0n) is 22.2. The number of nitrogens with one attached hydrogen (secondary N) is 1. The molecule has 0 aliphatic carbocycles. The Labute approximate surface area is 234 Å². The zero-order chi connectivity index (χ0) is 26.3. The first-order valence-electron chi connectivity index (χ1n) is 13.4. The standard InChI is InChI=1S/C31H36BrN3O3/c1-3-5-16-35-27(30(33-31(35)32)25-11-7-6-8-12-25)21-34(19-23-10-9-13-26(17-23)36-4-2)20-24-14-15-28-29(18-24)38-22-37-28/h6-15,17-18,31,33H,3-5,16,19-22H2,1-2H3. The second-order valence-electron chi connectivity index (χ2n) is 9.63. The number of rotatable bonds is 12. The first-order chi connectivity index (χ1) is 18.6. The van der Waals surface area contributed by atoms with Crippen LogP contribution in [0.2, 0.25) is 0 Å². The fraction of sp³-hybridized carbons (Fsp3) is 0.355. The molecular formula is C31H36BrN3O3. The summed E-state index contributed by atoms with van der Waals surface area (Å²) >= 11 is 3.90. The Hall–Kier alpha value is -3.16. The number of nitrogens with zero attached hydrogens (tertiary/aromatic N) is 2. The van der Waals surface area contributed by atoms with Gasteiger partial charge in [-0.15, -0.1) is 0 Å². The fourth-order valence-electron chi connectivity index (χ4n) is 5.00. The fourth-order valence-corrected chi connectivity index (χ4v) is 5.68. The SMILES string of the molecule is CCCCN1C(CN(Cc2cccc(OCC)c2)Cc2ccc3c(c2)OCO3)=C(c2ccccc2)NC1Br. The third kappa shape index (κ3) is 6.27. The van der Waals surface area contributed by atoms with Gasteiger partial charge in [0.2, 0.25) is 6.79 Å². The quantitative estimate of drug-likeness (QED) is 0.194. The highest BCUT2D eigenvalue weighted by atomic mass is 79.9. The van der Waals surface area contributed by atoms with Crippen LogP contribution in [0, 0.1) is 0 Å². The first-order valence-corrected chi connectivity index (χ1v) is 14.3. The van der Waals surface area contributed by atoms with Crippen molar-refractivity contribution in [3.05, 3.63) is 95.2 Å². The minimum atomic E-state index is 0.0629. The molecule has 0 fully saturated rings. The topological polar surface area (TPSA) is 46.2 Å². The van der Waals surface area contributed by atoms with E-state index in [2.05, 4.69) is 98.6 Å². The third-order valence-corrected chi connectivity index (χ3v) is 7.54. The van der Waals surface area contributed by atoms with Crippen LogP contribution in [0.4, 0.5) is 0 Å². The molecule has 1 atom stereocenters. The molecule has 0 radical (unpaired) electrons. The van der Waals surface area contributed by atoms with Gasteiger partial charge in [0.25, 0.3) is 0 Å². The van der Waals surface area contributed by atoms with Crippen LogP contribution in [0.25, 0.3) is 5.70 Å². The summed E-state index contributed by atoms with van der Waals surface area (Å²) in [7, 11) is 0. The number of benzene rings is 3. The molecule has 0 amide bonds. The predicted molar refractivity (Wildman–Crippen MR) is 155 cm³/mol. The zero-order valence-corrected chi connectivity index (χ0v) is 23.7. The van der Waals surface area contributed by atoms with Gasteiger partial charge in [0, 0.05) is 26.2 Å². The predicted octanol–water partition coefficient (Wildman–Crippen LogP) is 6.57. The third-order valence-electron chi connectivity index (χ3n) is 6.82. The number of hydrogen-bond donors (Lipinski definition) is 1. The summed E-state index contributed by atoms with van der Waals surface area (Å²) in [6.45, 7) is 8.54. The summed E-state index contributed by atoms with van der Waals surface area (Å²) in [5, 5.41) is 3.77. The molecule has 1 N–H and O–H groups in total. The summed E-state index contributed by atoms with van der Waals surface area (Å²) in [4.78, 5) is 4.96. The summed E-state index contributed by atoms with van der Waals surface area (Å²) in [5.41, 5.74) is 6.10. The second kappa shape index (κ2) is 12.6. The van der Waals surface area contributed by atoms with Gasteiger partial charge >= 0.3 is 0 Å². The van der Waals surface area contributed by atoms with Gasteiger partial charge in [0.15, 0.2) is 16.6 Å². The van der Waals surface area contributed by atoms with Gasteiger partial charge < -0.3 is 24.4 Å². The van der Waals surface area contributed by atoms with Crippen molar-refractivity contribution in [3.8, 4) is 17.2 Å². The van der Waals surface area contributed by atoms with E-state index in [-0.39, 0.29) is 11.9 Å². The van der Waals surface area contributed by atoms with Gasteiger partial charge in [0.1, 0.15) is 5.75 Å². The van der Waals surface area contributed by atoms with Gasteiger partial charge in [-0.1, -0.05) is 61.9 Å². The Bertz CT molecular complexity index is 1250. The molecule has 0 saturated heterocycles. The van der Waals surface area contributed by atoms with Crippen molar-refractivity contribution in [2.45, 2.75) is 44.9 Å². The average molecular weight is 579 g/mol. The first kappa shape index (κ1) is 26.4.